The van der Waals surface area contributed by atoms with Gasteiger partial charge in [0.1, 0.15) is 17.3 Å². The molecule has 0 radical (unpaired) electrons. The number of hydrogen-bond acceptors (Lipinski definition) is 7. The second-order valence-electron chi connectivity index (χ2n) is 14.8. The van der Waals surface area contributed by atoms with Gasteiger partial charge < -0.3 is 19.8 Å². The van der Waals surface area contributed by atoms with Crippen molar-refractivity contribution in [3.63, 3.8) is 0 Å². The Hall–Kier alpha value is -1.90. The summed E-state index contributed by atoms with van der Waals surface area (Å²) in [6, 6.07) is 0. The van der Waals surface area contributed by atoms with E-state index < -0.39 is 51.3 Å². The summed E-state index contributed by atoms with van der Waals surface area (Å²) in [4.78, 5) is 57.3. The molecule has 0 aromatic heterocycles. The third-order valence-corrected chi connectivity index (χ3v) is 13.2. The Kier molecular flexibility index (Phi) is 4.53. The summed E-state index contributed by atoms with van der Waals surface area (Å²) in [6.07, 6.45) is 3.83. The van der Waals surface area contributed by atoms with Crippen LogP contribution in [-0.2, 0) is 23.9 Å². The lowest BCUT2D eigenvalue weighted by Crippen LogP contribution is -2.95. The fourth-order valence-corrected chi connectivity index (χ4v) is 11.5. The minimum absolute atomic E-state index is 0.0138. The van der Waals surface area contributed by atoms with Gasteiger partial charge in [0.05, 0.1) is 17.4 Å². The largest absolute Gasteiger partial charge is 0.387 e. The Morgan fingerprint density at radius 2 is 1.69 bits per heavy atom. The molecule has 9 aliphatic rings. The third-order valence-electron chi connectivity index (χ3n) is 13.2. The quantitative estimate of drug-likeness (QED) is 0.418. The van der Waals surface area contributed by atoms with Crippen molar-refractivity contribution < 1.29 is 34.1 Å². The zero-order valence-electron chi connectivity index (χ0n) is 22.9. The average Bonchev–Trinajstić information content (AvgIpc) is 3.76. The lowest BCUT2D eigenvalue weighted by atomic mass is 9.18. The number of Topliss-reactive ketones (excluding diaryl/α,β-unsaturated/α-hetero) is 3. The number of fused-ring (bicyclic) bond motifs is 1. The number of ketones is 3. The highest BCUT2D eigenvalue weighted by Crippen LogP contribution is 2.87. The van der Waals surface area contributed by atoms with E-state index in [1.807, 2.05) is 18.7 Å². The fourth-order valence-electron chi connectivity index (χ4n) is 11.5. The Balaban J connectivity index is 1.17. The van der Waals surface area contributed by atoms with Crippen molar-refractivity contribution in [3.8, 4) is 0 Å². The maximum absolute atomic E-state index is 14.7. The molecule has 8 heteroatoms. The number of ether oxygens (including phenoxy) is 1. The van der Waals surface area contributed by atoms with Crippen molar-refractivity contribution in [1.29, 1.82) is 0 Å². The van der Waals surface area contributed by atoms with Crippen LogP contribution in [0.3, 0.4) is 0 Å². The normalized spacial score (nSPS) is 51.3. The Morgan fingerprint density at radius 3 is 2.36 bits per heavy atom. The number of allylic oxidation sites excluding steroid dienone is 1. The summed E-state index contributed by atoms with van der Waals surface area (Å²) in [5.41, 5.74) is -3.63. The summed E-state index contributed by atoms with van der Waals surface area (Å²) in [5.74, 6) is -4.20. The van der Waals surface area contributed by atoms with Crippen LogP contribution in [0.4, 0.5) is 0 Å². The highest BCUT2D eigenvalue weighted by atomic mass is 16.6. The molecule has 9 rings (SSSR count). The van der Waals surface area contributed by atoms with Gasteiger partial charge in [-0.3, -0.25) is 19.2 Å². The van der Waals surface area contributed by atoms with Crippen LogP contribution in [0.15, 0.2) is 12.2 Å². The molecule has 9 atom stereocenters. The first-order valence-corrected chi connectivity index (χ1v) is 15.1. The average molecular weight is 538 g/mol. The summed E-state index contributed by atoms with van der Waals surface area (Å²) in [6.45, 7) is 9.41. The smallest absolute Gasteiger partial charge is 0.225 e. The second kappa shape index (κ2) is 7.11. The van der Waals surface area contributed by atoms with E-state index in [1.54, 1.807) is 0 Å². The number of rotatable bonds is 3. The van der Waals surface area contributed by atoms with Gasteiger partial charge in [0, 0.05) is 43.2 Å². The molecule has 2 spiro atoms. The van der Waals surface area contributed by atoms with Gasteiger partial charge in [-0.15, -0.1) is 0 Å². The molecule has 39 heavy (non-hydrogen) atoms. The maximum atomic E-state index is 14.7. The van der Waals surface area contributed by atoms with E-state index in [2.05, 4.69) is 6.58 Å². The fraction of sp³-hybridized carbons (Fsp3) is 0.806. The molecule has 3 heterocycles. The zero-order chi connectivity index (χ0) is 27.5. The molecule has 9 unspecified atom stereocenters. The van der Waals surface area contributed by atoms with Crippen molar-refractivity contribution in [2.24, 2.45) is 57.2 Å². The lowest BCUT2D eigenvalue weighted by Gasteiger charge is -2.84. The first-order valence-electron chi connectivity index (χ1n) is 15.1. The standard InChI is InChI=1S/C31H39NO7/c1-15-18-6-7-19-28-14-39-31(38,24(35)22(28)27(2,3)11-8-20(28)33)30(19)21(18)29(15,26(30)37)23(34)16-9-12-32(13-10-16)25(36)17-4-5-17/h16-19,21-22,24,35,38H,1,4-14H2,2-3H3. The van der Waals surface area contributed by atoms with Crippen molar-refractivity contribution in [1.82, 2.24) is 4.90 Å². The highest BCUT2D eigenvalue weighted by Gasteiger charge is 2.96. The van der Waals surface area contributed by atoms with Crippen LogP contribution in [0.5, 0.6) is 0 Å². The van der Waals surface area contributed by atoms with Crippen LogP contribution in [-0.4, -0.2) is 70.0 Å². The molecule has 6 saturated carbocycles. The second-order valence-corrected chi connectivity index (χ2v) is 14.8. The van der Waals surface area contributed by atoms with Crippen LogP contribution >= 0.6 is 0 Å². The van der Waals surface area contributed by atoms with Gasteiger partial charge in [-0.25, -0.2) is 0 Å². The van der Waals surface area contributed by atoms with Crippen molar-refractivity contribution in [3.05, 3.63) is 12.2 Å². The van der Waals surface area contributed by atoms with E-state index in [0.29, 0.717) is 50.8 Å². The summed E-state index contributed by atoms with van der Waals surface area (Å²) < 4.78 is 6.09. The van der Waals surface area contributed by atoms with Gasteiger partial charge in [0.15, 0.2) is 11.6 Å². The number of aliphatic hydroxyl groups is 2. The van der Waals surface area contributed by atoms with E-state index in [1.165, 1.54) is 0 Å². The van der Waals surface area contributed by atoms with Gasteiger partial charge >= 0.3 is 0 Å². The van der Waals surface area contributed by atoms with Gasteiger partial charge in [0.2, 0.25) is 11.7 Å². The van der Waals surface area contributed by atoms with E-state index in [-0.39, 0.29) is 47.6 Å². The van der Waals surface area contributed by atoms with Crippen LogP contribution in [0.1, 0.15) is 65.2 Å². The summed E-state index contributed by atoms with van der Waals surface area (Å²) in [7, 11) is 0. The van der Waals surface area contributed by atoms with Crippen LogP contribution in [0.25, 0.3) is 0 Å². The molecule has 6 aliphatic carbocycles. The maximum Gasteiger partial charge on any atom is 0.225 e. The van der Waals surface area contributed by atoms with Crippen LogP contribution in [0, 0.1) is 57.2 Å². The summed E-state index contributed by atoms with van der Waals surface area (Å²) in [5, 5.41) is 24.1. The Labute approximate surface area is 228 Å². The Bertz CT molecular complexity index is 1260. The molecule has 0 aromatic carbocycles. The molecule has 3 aliphatic heterocycles. The molecule has 2 N–H and O–H groups in total. The van der Waals surface area contributed by atoms with Crippen LogP contribution in [0.2, 0.25) is 0 Å². The van der Waals surface area contributed by atoms with Crippen molar-refractivity contribution in [2.75, 3.05) is 19.7 Å². The zero-order valence-corrected chi connectivity index (χ0v) is 22.9. The minimum Gasteiger partial charge on any atom is -0.387 e. The third kappa shape index (κ3) is 2.33. The molecule has 1 amide bonds. The minimum atomic E-state index is -2.12. The van der Waals surface area contributed by atoms with Gasteiger partial charge in [-0.1, -0.05) is 26.0 Å². The van der Waals surface area contributed by atoms with Gasteiger partial charge in [-0.05, 0) is 62.2 Å². The molecular weight excluding hydrogens is 498 g/mol. The van der Waals surface area contributed by atoms with Crippen molar-refractivity contribution >= 4 is 23.3 Å². The van der Waals surface area contributed by atoms with E-state index in [9.17, 15) is 29.4 Å². The molecule has 9 fully saturated rings. The van der Waals surface area contributed by atoms with E-state index >= 15 is 0 Å². The monoisotopic (exact) mass is 537 g/mol. The first kappa shape index (κ1) is 24.9. The van der Waals surface area contributed by atoms with E-state index in [4.69, 9.17) is 4.74 Å². The number of nitrogens with zero attached hydrogens (tertiary/aromatic N) is 1. The van der Waals surface area contributed by atoms with Crippen LogP contribution < -0.4 is 0 Å². The topological polar surface area (TPSA) is 121 Å². The predicted octanol–water partition coefficient (Wildman–Crippen LogP) is 2.06. The molecule has 0 aromatic rings. The molecule has 3 saturated heterocycles. The van der Waals surface area contributed by atoms with Gasteiger partial charge in [-0.2, -0.15) is 0 Å². The van der Waals surface area contributed by atoms with Crippen molar-refractivity contribution in [2.45, 2.75) is 77.1 Å². The SMILES string of the molecule is C=C1C2CCC3C45COC(O)(C(O)C4C(C)(C)CCC5=O)C34C(=O)C1(C(=O)C1CCN(C(=O)C3CC3)CC1)C24. The number of amides is 1. The first-order chi connectivity index (χ1) is 18.4. The predicted molar refractivity (Wildman–Crippen MR) is 137 cm³/mol. The number of likely N-dealkylation sites (tertiary alicyclic amines) is 1. The van der Waals surface area contributed by atoms with E-state index in [0.717, 1.165) is 19.3 Å². The number of carbonyl (C=O) groups is 4. The number of aliphatic hydroxyl groups excluding tert-OH is 1. The molecule has 8 nitrogen and oxygen atoms in total. The molecular formula is C31H39NO7. The number of piperidine rings is 1. The van der Waals surface area contributed by atoms with Gasteiger partial charge in [0.25, 0.3) is 0 Å². The number of hydrogen-bond donors (Lipinski definition) is 2. The highest BCUT2D eigenvalue weighted by molar-refractivity contribution is 6.21. The number of carbonyl (C=O) groups excluding carboxylic acids is 4. The molecule has 210 valence electrons. The molecule has 2 bridgehead atoms. The Morgan fingerprint density at radius 1 is 1.00 bits per heavy atom. The summed E-state index contributed by atoms with van der Waals surface area (Å²) >= 11 is 0. The lowest BCUT2D eigenvalue weighted by molar-refractivity contribution is -0.460.